The molecule has 0 saturated heterocycles. The predicted octanol–water partition coefficient (Wildman–Crippen LogP) is 6.91. The number of ether oxygens (including phenoxy) is 2. The van der Waals surface area contributed by atoms with Gasteiger partial charge in [-0.15, -0.1) is 0 Å². The Labute approximate surface area is 194 Å². The highest BCUT2D eigenvalue weighted by Crippen LogP contribution is 2.48. The summed E-state index contributed by atoms with van der Waals surface area (Å²) in [5.74, 6) is 1.70. The summed E-state index contributed by atoms with van der Waals surface area (Å²) >= 11 is 9.70. The van der Waals surface area contributed by atoms with E-state index < -0.39 is 0 Å². The summed E-state index contributed by atoms with van der Waals surface area (Å²) in [5, 5.41) is 7.76. The van der Waals surface area contributed by atoms with Crippen molar-refractivity contribution in [1.29, 1.82) is 0 Å². The second-order valence-corrected chi connectivity index (χ2v) is 8.83. The number of hydrazone groups is 1. The van der Waals surface area contributed by atoms with E-state index >= 15 is 0 Å². The smallest absolute Gasteiger partial charge is 0.213 e. The van der Waals surface area contributed by atoms with Crippen LogP contribution in [0.2, 0.25) is 5.02 Å². The van der Waals surface area contributed by atoms with Crippen LogP contribution in [0.15, 0.2) is 89.0 Å². The molecule has 2 aliphatic heterocycles. The van der Waals surface area contributed by atoms with Crippen LogP contribution in [0.5, 0.6) is 11.5 Å². The first-order valence-corrected chi connectivity index (χ1v) is 11.2. The highest BCUT2D eigenvalue weighted by molar-refractivity contribution is 9.10. The van der Waals surface area contributed by atoms with Gasteiger partial charge in [-0.25, -0.2) is 5.01 Å². The molecule has 0 aromatic heterocycles. The number of hydrogen-bond donors (Lipinski definition) is 0. The number of rotatable bonds is 5. The maximum absolute atomic E-state index is 6.40. The minimum absolute atomic E-state index is 0.0913. The van der Waals surface area contributed by atoms with Gasteiger partial charge in [-0.2, -0.15) is 5.10 Å². The molecule has 0 fully saturated rings. The van der Waals surface area contributed by atoms with Crippen LogP contribution in [-0.4, -0.2) is 17.3 Å². The van der Waals surface area contributed by atoms with Crippen molar-refractivity contribution in [2.24, 2.45) is 5.10 Å². The Kier molecular flexibility index (Phi) is 5.47. The fourth-order valence-corrected chi connectivity index (χ4v) is 4.48. The summed E-state index contributed by atoms with van der Waals surface area (Å²) in [7, 11) is 0. The van der Waals surface area contributed by atoms with Crippen molar-refractivity contribution in [3.63, 3.8) is 0 Å². The maximum Gasteiger partial charge on any atom is 0.213 e. The first-order valence-electron chi connectivity index (χ1n) is 10.0. The van der Waals surface area contributed by atoms with Crippen molar-refractivity contribution in [2.75, 3.05) is 6.61 Å². The van der Waals surface area contributed by atoms with Crippen LogP contribution in [0.25, 0.3) is 0 Å². The molecular formula is C25H20BrClN2O2. The van der Waals surface area contributed by atoms with Crippen molar-refractivity contribution in [3.8, 4) is 11.5 Å². The fraction of sp³-hybridized carbons (Fsp3) is 0.160. The van der Waals surface area contributed by atoms with E-state index in [9.17, 15) is 0 Å². The van der Waals surface area contributed by atoms with Crippen LogP contribution < -0.4 is 9.47 Å². The van der Waals surface area contributed by atoms with E-state index in [-0.39, 0.29) is 12.3 Å². The third kappa shape index (κ3) is 3.95. The van der Waals surface area contributed by atoms with Crippen molar-refractivity contribution >= 4 is 33.2 Å². The SMILES string of the molecule is C=CCOc1ccc(C2=NN3[C@@H](c4ccc(Cl)cc4)Oc4ccc(Br)cc4[C@@H]3C2)cc1. The number of halogens is 2. The molecule has 0 radical (unpaired) electrons. The maximum atomic E-state index is 6.40. The zero-order valence-electron chi connectivity index (χ0n) is 16.7. The van der Waals surface area contributed by atoms with Crippen LogP contribution >= 0.6 is 27.5 Å². The minimum Gasteiger partial charge on any atom is -0.490 e. The van der Waals surface area contributed by atoms with Crippen molar-refractivity contribution < 1.29 is 9.47 Å². The van der Waals surface area contributed by atoms with Gasteiger partial charge in [0.2, 0.25) is 6.23 Å². The van der Waals surface area contributed by atoms with Gasteiger partial charge in [-0.05, 0) is 60.2 Å². The van der Waals surface area contributed by atoms with Crippen LogP contribution in [-0.2, 0) is 0 Å². The Morgan fingerprint density at radius 2 is 1.90 bits per heavy atom. The third-order valence-electron chi connectivity index (χ3n) is 5.46. The van der Waals surface area contributed by atoms with Gasteiger partial charge in [0, 0.05) is 27.0 Å². The molecule has 2 aliphatic rings. The molecule has 3 aromatic carbocycles. The molecule has 31 heavy (non-hydrogen) atoms. The molecule has 2 atom stereocenters. The average Bonchev–Trinajstić information content (AvgIpc) is 3.24. The van der Waals surface area contributed by atoms with Gasteiger partial charge >= 0.3 is 0 Å². The highest BCUT2D eigenvalue weighted by atomic mass is 79.9. The van der Waals surface area contributed by atoms with Gasteiger partial charge in [0.05, 0.1) is 11.8 Å². The van der Waals surface area contributed by atoms with E-state index in [0.717, 1.165) is 44.8 Å². The highest BCUT2D eigenvalue weighted by Gasteiger charge is 2.41. The Morgan fingerprint density at radius 1 is 1.13 bits per heavy atom. The molecule has 3 aromatic rings. The Balaban J connectivity index is 1.51. The van der Waals surface area contributed by atoms with Crippen LogP contribution in [0.3, 0.4) is 0 Å². The van der Waals surface area contributed by atoms with Gasteiger partial charge in [0.15, 0.2) is 0 Å². The van der Waals surface area contributed by atoms with Crippen LogP contribution in [0.1, 0.15) is 35.4 Å². The molecule has 0 amide bonds. The molecule has 2 heterocycles. The zero-order valence-corrected chi connectivity index (χ0v) is 19.0. The Bertz CT molecular complexity index is 1150. The number of hydrogen-bond acceptors (Lipinski definition) is 4. The first kappa shape index (κ1) is 20.2. The van der Waals surface area contributed by atoms with E-state index in [4.69, 9.17) is 26.2 Å². The van der Waals surface area contributed by atoms with Crippen molar-refractivity contribution in [2.45, 2.75) is 18.7 Å². The summed E-state index contributed by atoms with van der Waals surface area (Å²) in [6.45, 7) is 4.17. The van der Waals surface area contributed by atoms with Gasteiger partial charge in [-0.1, -0.05) is 52.3 Å². The molecule has 6 heteroatoms. The van der Waals surface area contributed by atoms with Crippen LogP contribution in [0, 0.1) is 0 Å². The van der Waals surface area contributed by atoms with E-state index in [1.165, 1.54) is 0 Å². The summed E-state index contributed by atoms with van der Waals surface area (Å²) in [4.78, 5) is 0. The second-order valence-electron chi connectivity index (χ2n) is 7.47. The van der Waals surface area contributed by atoms with E-state index in [1.54, 1.807) is 6.08 Å². The summed E-state index contributed by atoms with van der Waals surface area (Å²) in [6.07, 6.45) is 2.21. The average molecular weight is 496 g/mol. The monoisotopic (exact) mass is 494 g/mol. The molecule has 4 nitrogen and oxygen atoms in total. The first-order chi connectivity index (χ1) is 15.1. The summed E-state index contributed by atoms with van der Waals surface area (Å²) < 4.78 is 13.0. The zero-order chi connectivity index (χ0) is 21.4. The molecule has 0 bridgehead atoms. The number of nitrogens with zero attached hydrogens (tertiary/aromatic N) is 2. The van der Waals surface area contributed by atoms with Crippen molar-refractivity contribution in [3.05, 3.63) is 106 Å². The molecule has 0 aliphatic carbocycles. The lowest BCUT2D eigenvalue weighted by molar-refractivity contribution is -0.0190. The minimum atomic E-state index is -0.316. The molecule has 0 unspecified atom stereocenters. The van der Waals surface area contributed by atoms with Crippen LogP contribution in [0.4, 0.5) is 0 Å². The molecule has 0 N–H and O–H groups in total. The topological polar surface area (TPSA) is 34.1 Å². The molecule has 0 spiro atoms. The second kappa shape index (κ2) is 8.40. The van der Waals surface area contributed by atoms with Gasteiger partial charge < -0.3 is 9.47 Å². The standard InChI is InChI=1S/C25H20BrClN2O2/c1-2-13-30-20-10-5-16(6-11-20)22-15-23-21-14-18(26)7-12-24(21)31-25(29(23)28-22)17-3-8-19(27)9-4-17/h2-12,14,23,25H,1,13,15H2/t23-,25+/m0/s1. The van der Waals surface area contributed by atoms with Gasteiger partial charge in [-0.3, -0.25) is 0 Å². The fourth-order valence-electron chi connectivity index (χ4n) is 3.98. The number of benzene rings is 3. The normalized spacial score (nSPS) is 19.2. The Hall–Kier alpha value is -2.76. The summed E-state index contributed by atoms with van der Waals surface area (Å²) in [5.41, 5.74) is 4.24. The van der Waals surface area contributed by atoms with E-state index in [2.05, 4.69) is 45.7 Å². The molecule has 0 saturated carbocycles. The lowest BCUT2D eigenvalue weighted by atomic mass is 9.96. The van der Waals surface area contributed by atoms with E-state index in [1.807, 2.05) is 48.5 Å². The van der Waals surface area contributed by atoms with Gasteiger partial charge in [0.1, 0.15) is 18.1 Å². The quantitative estimate of drug-likeness (QED) is 0.361. The lowest BCUT2D eigenvalue weighted by Crippen LogP contribution is -2.33. The molecular weight excluding hydrogens is 476 g/mol. The van der Waals surface area contributed by atoms with Gasteiger partial charge in [0.25, 0.3) is 0 Å². The molecule has 156 valence electrons. The van der Waals surface area contributed by atoms with E-state index in [0.29, 0.717) is 11.6 Å². The number of fused-ring (bicyclic) bond motifs is 3. The largest absolute Gasteiger partial charge is 0.490 e. The Morgan fingerprint density at radius 3 is 2.65 bits per heavy atom. The summed E-state index contributed by atoms with van der Waals surface area (Å²) in [6, 6.07) is 22.0. The third-order valence-corrected chi connectivity index (χ3v) is 6.21. The van der Waals surface area contributed by atoms with Crippen molar-refractivity contribution in [1.82, 2.24) is 5.01 Å². The lowest BCUT2D eigenvalue weighted by Gasteiger charge is -2.38. The predicted molar refractivity (Wildman–Crippen MR) is 127 cm³/mol. The molecule has 5 rings (SSSR count).